The van der Waals surface area contributed by atoms with Gasteiger partial charge >= 0.3 is 0 Å². The number of benzene rings is 2. The van der Waals surface area contributed by atoms with Gasteiger partial charge in [-0.15, -0.1) is 10.2 Å². The quantitative estimate of drug-likeness (QED) is 0.280. The Morgan fingerprint density at radius 3 is 2.66 bits per heavy atom. The number of nitro benzene ring substituents is 1. The summed E-state index contributed by atoms with van der Waals surface area (Å²) in [5, 5.41) is 29.3. The van der Waals surface area contributed by atoms with Crippen molar-refractivity contribution in [1.82, 2.24) is 4.98 Å². The van der Waals surface area contributed by atoms with Crippen molar-refractivity contribution >= 4 is 43.7 Å². The van der Waals surface area contributed by atoms with E-state index in [0.717, 1.165) is 11.3 Å². The number of aromatic nitrogens is 1. The van der Waals surface area contributed by atoms with Crippen molar-refractivity contribution in [1.29, 1.82) is 5.26 Å². The van der Waals surface area contributed by atoms with Gasteiger partial charge < -0.3 is 4.90 Å². The van der Waals surface area contributed by atoms with Crippen molar-refractivity contribution in [3.63, 3.8) is 0 Å². The van der Waals surface area contributed by atoms with Crippen LogP contribution in [0.25, 0.3) is 10.2 Å². The van der Waals surface area contributed by atoms with E-state index >= 15 is 0 Å². The van der Waals surface area contributed by atoms with Crippen LogP contribution in [0.3, 0.4) is 0 Å². The summed E-state index contributed by atoms with van der Waals surface area (Å²) in [7, 11) is 0. The third kappa shape index (κ3) is 4.22. The highest BCUT2D eigenvalue weighted by molar-refractivity contribution is 7.21. The van der Waals surface area contributed by atoms with Gasteiger partial charge in [0, 0.05) is 24.4 Å². The Kier molecular flexibility index (Phi) is 5.57. The van der Waals surface area contributed by atoms with E-state index in [-0.39, 0.29) is 5.69 Å². The summed E-state index contributed by atoms with van der Waals surface area (Å²) in [5.74, 6) is 0. The van der Waals surface area contributed by atoms with Gasteiger partial charge in [-0.05, 0) is 57.5 Å². The Morgan fingerprint density at radius 2 is 2.03 bits per heavy atom. The lowest BCUT2D eigenvalue weighted by molar-refractivity contribution is -0.384. The Balaban J connectivity index is 1.87. The van der Waals surface area contributed by atoms with Crippen molar-refractivity contribution in [2.75, 3.05) is 11.4 Å². The molecule has 0 saturated carbocycles. The van der Waals surface area contributed by atoms with Crippen LogP contribution < -0.4 is 4.90 Å². The molecule has 3 aromatic rings. The molecule has 1 heterocycles. The zero-order chi connectivity index (χ0) is 21.2. The van der Waals surface area contributed by atoms with E-state index in [9.17, 15) is 15.4 Å². The maximum atomic E-state index is 10.9. The largest absolute Gasteiger partial charge is 0.354 e. The number of hydrogen-bond acceptors (Lipinski definition) is 8. The van der Waals surface area contributed by atoms with Crippen LogP contribution in [-0.4, -0.2) is 22.0 Å². The molecular formula is C20H20N6O2S. The number of azo groups is 1. The molecule has 0 spiro atoms. The van der Waals surface area contributed by atoms with Crippen molar-refractivity contribution in [2.45, 2.75) is 33.2 Å². The Labute approximate surface area is 172 Å². The number of non-ortho nitro benzene ring substituents is 1. The highest BCUT2D eigenvalue weighted by atomic mass is 32.1. The van der Waals surface area contributed by atoms with Gasteiger partial charge in [0.05, 0.1) is 26.9 Å². The molecule has 148 valence electrons. The number of nitrogens with zero attached hydrogens (tertiary/aromatic N) is 6. The Bertz CT molecular complexity index is 1150. The molecule has 0 atom stereocenters. The van der Waals surface area contributed by atoms with Crippen LogP contribution in [0, 0.1) is 28.4 Å². The SMILES string of the molecule is CCN(c1ccc(N=Nc2nc3ccc([N+](=O)[O-])cc3s2)c(C)c1)C(C)(C)C#N. The van der Waals surface area contributed by atoms with E-state index in [2.05, 4.69) is 21.3 Å². The molecule has 8 nitrogen and oxygen atoms in total. The van der Waals surface area contributed by atoms with E-state index in [4.69, 9.17) is 0 Å². The van der Waals surface area contributed by atoms with Crippen LogP contribution in [-0.2, 0) is 0 Å². The zero-order valence-electron chi connectivity index (χ0n) is 16.6. The van der Waals surface area contributed by atoms with E-state index in [1.807, 2.05) is 50.8 Å². The van der Waals surface area contributed by atoms with E-state index in [1.54, 1.807) is 6.07 Å². The van der Waals surface area contributed by atoms with Crippen LogP contribution in [0.1, 0.15) is 26.3 Å². The molecule has 0 bridgehead atoms. The first kappa shape index (κ1) is 20.4. The second kappa shape index (κ2) is 7.93. The highest BCUT2D eigenvalue weighted by Gasteiger charge is 2.25. The molecule has 0 aliphatic carbocycles. The number of nitriles is 1. The number of hydrogen-bond donors (Lipinski definition) is 0. The molecule has 0 amide bonds. The number of thiazole rings is 1. The molecule has 29 heavy (non-hydrogen) atoms. The minimum Gasteiger partial charge on any atom is -0.354 e. The van der Waals surface area contributed by atoms with E-state index in [0.29, 0.717) is 27.6 Å². The maximum absolute atomic E-state index is 10.9. The molecule has 0 aliphatic rings. The van der Waals surface area contributed by atoms with Gasteiger partial charge in [-0.25, -0.2) is 4.98 Å². The fourth-order valence-electron chi connectivity index (χ4n) is 3.03. The third-order valence-corrected chi connectivity index (χ3v) is 5.47. The Hall–Kier alpha value is -3.38. The first-order valence-electron chi connectivity index (χ1n) is 9.01. The maximum Gasteiger partial charge on any atom is 0.270 e. The zero-order valence-corrected chi connectivity index (χ0v) is 17.4. The molecule has 3 rings (SSSR count). The first-order chi connectivity index (χ1) is 13.7. The van der Waals surface area contributed by atoms with E-state index in [1.165, 1.54) is 23.5 Å². The summed E-state index contributed by atoms with van der Waals surface area (Å²) >= 11 is 1.25. The van der Waals surface area contributed by atoms with Gasteiger partial charge in [0.25, 0.3) is 5.69 Å². The summed E-state index contributed by atoms with van der Waals surface area (Å²) in [6.45, 7) is 8.43. The van der Waals surface area contributed by atoms with E-state index < -0.39 is 10.5 Å². The second-order valence-corrected chi connectivity index (χ2v) is 8.00. The average molecular weight is 408 g/mol. The predicted molar refractivity (Wildman–Crippen MR) is 114 cm³/mol. The fraction of sp³-hybridized carbons (Fsp3) is 0.300. The fourth-order valence-corrected chi connectivity index (χ4v) is 3.86. The lowest BCUT2D eigenvalue weighted by Gasteiger charge is -2.34. The molecule has 0 saturated heterocycles. The molecule has 0 radical (unpaired) electrons. The van der Waals surface area contributed by atoms with Crippen LogP contribution in [0.5, 0.6) is 0 Å². The summed E-state index contributed by atoms with van der Waals surface area (Å²) in [6.07, 6.45) is 0. The molecule has 2 aromatic carbocycles. The number of nitro groups is 1. The monoisotopic (exact) mass is 408 g/mol. The van der Waals surface area contributed by atoms with Crippen LogP contribution in [0.2, 0.25) is 0 Å². The van der Waals surface area contributed by atoms with Crippen LogP contribution in [0.4, 0.5) is 22.2 Å². The molecular weight excluding hydrogens is 388 g/mol. The molecule has 0 N–H and O–H groups in total. The smallest absolute Gasteiger partial charge is 0.270 e. The van der Waals surface area contributed by atoms with Gasteiger partial charge in [0.15, 0.2) is 0 Å². The topological polar surface area (TPSA) is 108 Å². The Morgan fingerprint density at radius 1 is 1.28 bits per heavy atom. The highest BCUT2D eigenvalue weighted by Crippen LogP contribution is 2.33. The summed E-state index contributed by atoms with van der Waals surface area (Å²) < 4.78 is 0.692. The molecule has 1 aromatic heterocycles. The second-order valence-electron chi connectivity index (χ2n) is 6.99. The van der Waals surface area contributed by atoms with Gasteiger partial charge in [-0.1, -0.05) is 11.3 Å². The minimum atomic E-state index is -0.617. The third-order valence-electron chi connectivity index (χ3n) is 4.57. The number of rotatable bonds is 6. The van der Waals surface area contributed by atoms with Crippen molar-refractivity contribution < 1.29 is 4.92 Å². The van der Waals surface area contributed by atoms with Gasteiger partial charge in [0.1, 0.15) is 5.54 Å². The van der Waals surface area contributed by atoms with Crippen molar-refractivity contribution in [3.05, 3.63) is 52.1 Å². The number of aryl methyl sites for hydroxylation is 1. The summed E-state index contributed by atoms with van der Waals surface area (Å²) in [4.78, 5) is 16.9. The predicted octanol–water partition coefficient (Wildman–Crippen LogP) is 6.06. The van der Waals surface area contributed by atoms with Gasteiger partial charge in [0.2, 0.25) is 5.13 Å². The number of anilines is 1. The standard InChI is InChI=1S/C20H20N6O2S/c1-5-25(20(3,4)12-21)14-6-8-16(13(2)10-14)23-24-19-22-17-9-7-15(26(27)28)11-18(17)29-19/h6-11H,5H2,1-4H3. The molecule has 0 fully saturated rings. The lowest BCUT2D eigenvalue weighted by atomic mass is 10.0. The molecule has 0 aliphatic heterocycles. The van der Waals surface area contributed by atoms with Crippen LogP contribution in [0.15, 0.2) is 46.6 Å². The lowest BCUT2D eigenvalue weighted by Crippen LogP contribution is -2.42. The summed E-state index contributed by atoms with van der Waals surface area (Å²) in [5.41, 5.74) is 2.63. The van der Waals surface area contributed by atoms with Crippen molar-refractivity contribution in [3.8, 4) is 6.07 Å². The first-order valence-corrected chi connectivity index (χ1v) is 9.83. The minimum absolute atomic E-state index is 0.0249. The molecule has 0 unspecified atom stereocenters. The average Bonchev–Trinajstić information content (AvgIpc) is 3.09. The van der Waals surface area contributed by atoms with Gasteiger partial charge in [-0.2, -0.15) is 5.26 Å². The van der Waals surface area contributed by atoms with Crippen molar-refractivity contribution in [2.24, 2.45) is 10.2 Å². The normalized spacial score (nSPS) is 11.7. The van der Waals surface area contributed by atoms with Gasteiger partial charge in [-0.3, -0.25) is 10.1 Å². The molecule has 9 heteroatoms. The van der Waals surface area contributed by atoms with Crippen LogP contribution >= 0.6 is 11.3 Å². The number of fused-ring (bicyclic) bond motifs is 1. The summed E-state index contributed by atoms with van der Waals surface area (Å²) in [6, 6.07) is 12.6.